The lowest BCUT2D eigenvalue weighted by atomic mass is 10.3. The number of aromatic nitrogens is 3. The Labute approximate surface area is 200 Å². The van der Waals surface area contributed by atoms with Gasteiger partial charge >= 0.3 is 0 Å². The highest BCUT2D eigenvalue weighted by Gasteiger charge is 2.15. The number of nitrogens with zero attached hydrogens (tertiary/aromatic N) is 3. The molecule has 166 valence electrons. The van der Waals surface area contributed by atoms with E-state index in [4.69, 9.17) is 0 Å². The molecule has 12 heteroatoms. The average molecular weight is 545 g/mol. The van der Waals surface area contributed by atoms with Crippen LogP contribution in [0.3, 0.4) is 0 Å². The Morgan fingerprint density at radius 1 is 0.968 bits per heavy atom. The van der Waals surface area contributed by atoms with E-state index in [1.807, 2.05) is 12.3 Å². The van der Waals surface area contributed by atoms with Crippen LogP contribution in [0.5, 0.6) is 0 Å². The number of thiazole rings is 3. The Kier molecular flexibility index (Phi) is 9.41. The third-order valence-electron chi connectivity index (χ3n) is 3.62. The fourth-order valence-electron chi connectivity index (χ4n) is 2.34. The summed E-state index contributed by atoms with van der Waals surface area (Å²) in [5.74, 6) is -0.300. The van der Waals surface area contributed by atoms with Crippen LogP contribution in [0, 0.1) is 13.8 Å². The predicted molar refractivity (Wildman–Crippen MR) is 131 cm³/mol. The molecule has 0 aliphatic carbocycles. The average Bonchev–Trinajstić information content (AvgIpc) is 3.39. The van der Waals surface area contributed by atoms with Gasteiger partial charge in [-0.25, -0.2) is 15.0 Å². The first-order valence-electron chi connectivity index (χ1n) is 9.18. The number of hydrogen-bond acceptors (Lipinski definition) is 9. The van der Waals surface area contributed by atoms with Gasteiger partial charge in [0.05, 0.1) is 37.2 Å². The van der Waals surface area contributed by atoms with Gasteiger partial charge in [-0.2, -0.15) is 0 Å². The quantitative estimate of drug-likeness (QED) is 0.330. The number of alkyl halides is 1. The zero-order valence-corrected chi connectivity index (χ0v) is 21.7. The number of aryl methyl sites for hydroxylation is 3. The second-order valence-electron chi connectivity index (χ2n) is 6.27. The van der Waals surface area contributed by atoms with Crippen LogP contribution < -0.4 is 10.6 Å². The van der Waals surface area contributed by atoms with Crippen LogP contribution in [0.25, 0.3) is 10.6 Å². The number of amides is 2. The maximum absolute atomic E-state index is 11.3. The van der Waals surface area contributed by atoms with Crippen LogP contribution >= 0.6 is 49.9 Å². The van der Waals surface area contributed by atoms with Crippen molar-refractivity contribution >= 4 is 77.8 Å². The van der Waals surface area contributed by atoms with Crippen molar-refractivity contribution in [1.82, 2.24) is 15.0 Å². The molecule has 2 N–H and O–H groups in total. The Hall–Kier alpha value is -2.02. The molecule has 3 aromatic rings. The number of rotatable bonds is 6. The Balaban J connectivity index is 0.000000225. The number of halogens is 1. The molecular formula is C19H22BrN5O3S3. The molecule has 0 saturated carbocycles. The highest BCUT2D eigenvalue weighted by Crippen LogP contribution is 2.33. The van der Waals surface area contributed by atoms with Crippen molar-refractivity contribution in [2.75, 3.05) is 16.0 Å². The second kappa shape index (κ2) is 11.6. The molecule has 3 aromatic heterocycles. The third kappa shape index (κ3) is 7.27. The van der Waals surface area contributed by atoms with Crippen LogP contribution in [-0.2, 0) is 16.0 Å². The van der Waals surface area contributed by atoms with Gasteiger partial charge in [0, 0.05) is 19.2 Å². The summed E-state index contributed by atoms with van der Waals surface area (Å²) in [6, 6.07) is 0. The SMILES string of the molecule is CC(=O)Nc1nc(C)c(C(=O)CBr)s1.CCc1nc(-c2sc(NC(C)=O)nc2C)cs1. The molecule has 31 heavy (non-hydrogen) atoms. The van der Waals surface area contributed by atoms with Gasteiger partial charge in [0.1, 0.15) is 0 Å². The number of Topliss-reactive ketones (excluding diaryl/α,β-unsaturated/α-hetero) is 1. The largest absolute Gasteiger partial charge is 0.302 e. The van der Waals surface area contributed by atoms with Gasteiger partial charge in [-0.05, 0) is 20.3 Å². The molecule has 3 rings (SSSR count). The van der Waals surface area contributed by atoms with Crippen molar-refractivity contribution in [2.24, 2.45) is 0 Å². The van der Waals surface area contributed by atoms with Gasteiger partial charge in [0.2, 0.25) is 11.8 Å². The smallest absolute Gasteiger partial charge is 0.223 e. The zero-order chi connectivity index (χ0) is 23.1. The molecule has 0 radical (unpaired) electrons. The fraction of sp³-hybridized carbons (Fsp3) is 0.368. The van der Waals surface area contributed by atoms with Crippen LogP contribution in [0.4, 0.5) is 10.3 Å². The number of nitrogens with one attached hydrogen (secondary N) is 2. The highest BCUT2D eigenvalue weighted by atomic mass is 79.9. The first-order chi connectivity index (χ1) is 14.6. The Bertz CT molecular complexity index is 1090. The normalized spacial score (nSPS) is 10.3. The van der Waals surface area contributed by atoms with Gasteiger partial charge in [-0.1, -0.05) is 45.5 Å². The van der Waals surface area contributed by atoms with Crippen LogP contribution in [0.2, 0.25) is 0 Å². The number of carbonyl (C=O) groups excluding carboxylic acids is 3. The minimum atomic E-state index is -0.184. The molecule has 0 bridgehead atoms. The van der Waals surface area contributed by atoms with Crippen molar-refractivity contribution in [3.63, 3.8) is 0 Å². The lowest BCUT2D eigenvalue weighted by Gasteiger charge is -1.92. The van der Waals surface area contributed by atoms with E-state index in [1.165, 1.54) is 36.5 Å². The first kappa shape index (κ1) is 25.2. The second-order valence-corrected chi connectivity index (χ2v) is 9.77. The number of anilines is 2. The maximum Gasteiger partial charge on any atom is 0.223 e. The fourth-order valence-corrected chi connectivity index (χ4v) is 5.54. The monoisotopic (exact) mass is 543 g/mol. The van der Waals surface area contributed by atoms with Crippen molar-refractivity contribution in [1.29, 1.82) is 0 Å². The lowest BCUT2D eigenvalue weighted by molar-refractivity contribution is -0.115. The number of hydrogen-bond donors (Lipinski definition) is 2. The van der Waals surface area contributed by atoms with Gasteiger partial charge < -0.3 is 10.6 Å². The van der Waals surface area contributed by atoms with E-state index in [-0.39, 0.29) is 22.9 Å². The van der Waals surface area contributed by atoms with E-state index >= 15 is 0 Å². The van der Waals surface area contributed by atoms with Gasteiger partial charge in [0.25, 0.3) is 0 Å². The summed E-state index contributed by atoms with van der Waals surface area (Å²) in [5.41, 5.74) is 2.52. The topological polar surface area (TPSA) is 114 Å². The third-order valence-corrected chi connectivity index (χ3v) is 7.33. The Morgan fingerprint density at radius 2 is 1.55 bits per heavy atom. The summed E-state index contributed by atoms with van der Waals surface area (Å²) in [6.07, 6.45) is 0.946. The van der Waals surface area contributed by atoms with Crippen molar-refractivity contribution in [2.45, 2.75) is 41.0 Å². The molecular weight excluding hydrogens is 522 g/mol. The molecule has 2 amide bonds. The first-order valence-corrected chi connectivity index (χ1v) is 12.8. The summed E-state index contributed by atoms with van der Waals surface area (Å²) in [5, 5.41) is 9.78. The molecule has 0 saturated heterocycles. The number of ketones is 1. The molecule has 0 atom stereocenters. The van der Waals surface area contributed by atoms with Crippen LogP contribution in [0.15, 0.2) is 5.38 Å². The van der Waals surface area contributed by atoms with Crippen LogP contribution in [0.1, 0.15) is 46.8 Å². The van der Waals surface area contributed by atoms with Gasteiger partial charge in [-0.15, -0.1) is 11.3 Å². The minimum Gasteiger partial charge on any atom is -0.302 e. The van der Waals surface area contributed by atoms with Crippen molar-refractivity contribution in [3.05, 3.63) is 26.7 Å². The summed E-state index contributed by atoms with van der Waals surface area (Å²) in [7, 11) is 0. The van der Waals surface area contributed by atoms with E-state index in [0.29, 0.717) is 20.8 Å². The predicted octanol–water partition coefficient (Wildman–Crippen LogP) is 5.08. The van der Waals surface area contributed by atoms with E-state index in [1.54, 1.807) is 18.3 Å². The molecule has 0 fully saturated rings. The molecule has 0 aromatic carbocycles. The number of carbonyl (C=O) groups is 3. The molecule has 0 spiro atoms. The van der Waals surface area contributed by atoms with E-state index in [0.717, 1.165) is 27.7 Å². The summed E-state index contributed by atoms with van der Waals surface area (Å²) in [6.45, 7) is 8.65. The zero-order valence-electron chi connectivity index (χ0n) is 17.7. The van der Waals surface area contributed by atoms with Gasteiger partial charge in [0.15, 0.2) is 16.0 Å². The van der Waals surface area contributed by atoms with Crippen molar-refractivity contribution in [3.8, 4) is 10.6 Å². The summed E-state index contributed by atoms with van der Waals surface area (Å²) >= 11 is 7.41. The van der Waals surface area contributed by atoms with E-state index in [2.05, 4.69) is 48.4 Å². The minimum absolute atomic E-state index is 0.0170. The van der Waals surface area contributed by atoms with Crippen LogP contribution in [-0.4, -0.2) is 37.9 Å². The summed E-state index contributed by atoms with van der Waals surface area (Å²) < 4.78 is 0. The van der Waals surface area contributed by atoms with E-state index < -0.39 is 0 Å². The molecule has 8 nitrogen and oxygen atoms in total. The van der Waals surface area contributed by atoms with E-state index in [9.17, 15) is 14.4 Å². The molecule has 0 unspecified atom stereocenters. The highest BCUT2D eigenvalue weighted by molar-refractivity contribution is 9.09. The lowest BCUT2D eigenvalue weighted by Crippen LogP contribution is -2.04. The maximum atomic E-state index is 11.3. The molecule has 0 aliphatic heterocycles. The van der Waals surface area contributed by atoms with Gasteiger partial charge in [-0.3, -0.25) is 14.4 Å². The standard InChI is InChI=1S/C11H13N3OS2.C8H9BrN2O2S/c1-4-9-14-8(5-16-9)10-6(2)12-11(17-10)13-7(3)15;1-4-7(6(13)3-9)14-8(10-4)11-5(2)12/h5H,4H2,1-3H3,(H,12,13,15);3H2,1-2H3,(H,10,11,12). The molecule has 0 aliphatic rings. The summed E-state index contributed by atoms with van der Waals surface area (Å²) in [4.78, 5) is 47.6. The Morgan fingerprint density at radius 3 is 2.06 bits per heavy atom. The van der Waals surface area contributed by atoms with Crippen molar-refractivity contribution < 1.29 is 14.4 Å². The molecule has 3 heterocycles.